The Morgan fingerprint density at radius 1 is 0.889 bits per heavy atom. The van der Waals surface area contributed by atoms with Gasteiger partial charge in [0, 0.05) is 11.4 Å². The Hall–Kier alpha value is -2.20. The topological polar surface area (TPSA) is 27.6 Å². The zero-order valence-electron chi connectivity index (χ0n) is 16.4. The number of anilines is 2. The molecule has 2 aromatic rings. The van der Waals surface area contributed by atoms with Crippen LogP contribution in [0.5, 0.6) is 0 Å². The minimum Gasteiger partial charge on any atom is -0.341 e. The highest BCUT2D eigenvalue weighted by molar-refractivity contribution is 7.80. The first kappa shape index (κ1) is 18.2. The number of aryl methyl sites for hydroxylation is 3. The Morgan fingerprint density at radius 2 is 1.52 bits per heavy atom. The van der Waals surface area contributed by atoms with Gasteiger partial charge in [-0.05, 0) is 68.6 Å². The smallest absolute Gasteiger partial charge is 0.202 e. The third kappa shape index (κ3) is 3.06. The van der Waals surface area contributed by atoms with Crippen molar-refractivity contribution in [2.45, 2.75) is 58.4 Å². The van der Waals surface area contributed by atoms with E-state index in [0.717, 1.165) is 24.4 Å². The van der Waals surface area contributed by atoms with E-state index >= 15 is 0 Å². The molecule has 0 unspecified atom stereocenters. The number of benzene rings is 2. The number of amidine groups is 1. The van der Waals surface area contributed by atoms with Crippen molar-refractivity contribution in [2.75, 3.05) is 10.2 Å². The maximum atomic E-state index is 5.79. The average molecular weight is 378 g/mol. The normalized spacial score (nSPS) is 18.7. The van der Waals surface area contributed by atoms with Gasteiger partial charge in [-0.3, -0.25) is 0 Å². The standard InChI is InChI=1S/C23H27N3S/c1-16-10-5-6-13-19(16)26-22(27)25-21(23(26)14-7-4-8-15-23)24-20-17(2)11-9-12-18(20)3/h5-6,9-13H,4,7-8,14-15H2,1-3H3,(H,24,25,27). The molecule has 2 aromatic carbocycles. The van der Waals surface area contributed by atoms with Crippen molar-refractivity contribution in [2.24, 2.45) is 4.99 Å². The van der Waals surface area contributed by atoms with Crippen molar-refractivity contribution < 1.29 is 0 Å². The summed E-state index contributed by atoms with van der Waals surface area (Å²) < 4.78 is 0. The molecule has 1 spiro atoms. The molecule has 0 radical (unpaired) electrons. The average Bonchev–Trinajstić information content (AvgIpc) is 2.90. The number of rotatable bonds is 2. The fourth-order valence-electron chi connectivity index (χ4n) is 4.56. The van der Waals surface area contributed by atoms with Crippen molar-refractivity contribution in [3.8, 4) is 0 Å². The van der Waals surface area contributed by atoms with Gasteiger partial charge in [0.2, 0.25) is 5.11 Å². The summed E-state index contributed by atoms with van der Waals surface area (Å²) in [5.41, 5.74) is 5.92. The summed E-state index contributed by atoms with van der Waals surface area (Å²) in [5.74, 6) is 1.02. The molecule has 1 saturated carbocycles. The first-order valence-electron chi connectivity index (χ1n) is 9.85. The fourth-order valence-corrected chi connectivity index (χ4v) is 4.92. The summed E-state index contributed by atoms with van der Waals surface area (Å²) in [6.45, 7) is 6.46. The van der Waals surface area contributed by atoms with Crippen molar-refractivity contribution in [3.05, 3.63) is 59.2 Å². The first-order valence-corrected chi connectivity index (χ1v) is 10.3. The number of nitrogens with one attached hydrogen (secondary N) is 1. The number of thiocarbonyl (C=S) groups is 1. The summed E-state index contributed by atoms with van der Waals surface area (Å²) in [7, 11) is 0. The van der Waals surface area contributed by atoms with Crippen LogP contribution in [0.4, 0.5) is 11.4 Å². The molecule has 0 bridgehead atoms. The van der Waals surface area contributed by atoms with Gasteiger partial charge in [0.05, 0.1) is 0 Å². The van der Waals surface area contributed by atoms with Crippen LogP contribution in [-0.4, -0.2) is 16.5 Å². The van der Waals surface area contributed by atoms with Gasteiger partial charge in [-0.2, -0.15) is 0 Å². The van der Waals surface area contributed by atoms with Gasteiger partial charge >= 0.3 is 0 Å². The first-order chi connectivity index (χ1) is 13.0. The van der Waals surface area contributed by atoms with Crippen LogP contribution in [0.2, 0.25) is 0 Å². The molecule has 3 nitrogen and oxygen atoms in total. The predicted molar refractivity (Wildman–Crippen MR) is 119 cm³/mol. The van der Waals surface area contributed by atoms with E-state index < -0.39 is 0 Å². The Labute approximate surface area is 167 Å². The second-order valence-corrected chi connectivity index (χ2v) is 8.21. The lowest BCUT2D eigenvalue weighted by molar-refractivity contribution is 0.386. The van der Waals surface area contributed by atoms with E-state index in [1.54, 1.807) is 0 Å². The molecule has 1 aliphatic carbocycles. The van der Waals surface area contributed by atoms with Gasteiger partial charge in [-0.15, -0.1) is 0 Å². The molecule has 0 atom stereocenters. The van der Waals surface area contributed by atoms with E-state index in [9.17, 15) is 0 Å². The summed E-state index contributed by atoms with van der Waals surface area (Å²) in [5, 5.41) is 4.39. The van der Waals surface area contributed by atoms with Gasteiger partial charge in [0.15, 0.2) is 0 Å². The van der Waals surface area contributed by atoms with Gasteiger partial charge in [0.1, 0.15) is 11.4 Å². The zero-order valence-corrected chi connectivity index (χ0v) is 17.2. The molecule has 0 amide bonds. The Kier molecular flexibility index (Phi) is 4.77. The number of nitrogens with zero attached hydrogens (tertiary/aromatic N) is 2. The van der Waals surface area contributed by atoms with Gasteiger partial charge < -0.3 is 10.2 Å². The van der Waals surface area contributed by atoms with Crippen LogP contribution in [0.15, 0.2) is 47.5 Å². The largest absolute Gasteiger partial charge is 0.341 e. The highest BCUT2D eigenvalue weighted by Crippen LogP contribution is 2.43. The third-order valence-electron chi connectivity index (χ3n) is 6.03. The minimum atomic E-state index is -0.157. The summed E-state index contributed by atoms with van der Waals surface area (Å²) in [6, 6.07) is 14.9. The fraction of sp³-hybridized carbons (Fsp3) is 0.391. The molecular formula is C23H27N3S. The van der Waals surface area contributed by atoms with Crippen LogP contribution in [0.25, 0.3) is 0 Å². The Balaban J connectivity index is 1.79. The van der Waals surface area contributed by atoms with E-state index in [4.69, 9.17) is 17.2 Å². The maximum absolute atomic E-state index is 5.79. The van der Waals surface area contributed by atoms with Crippen molar-refractivity contribution in [1.82, 2.24) is 0 Å². The third-order valence-corrected chi connectivity index (χ3v) is 6.30. The SMILES string of the molecule is Cc1ccccc1N1C(=S)N=C(Nc2c(C)cccc2C)C12CCCCC2. The molecule has 0 aromatic heterocycles. The number of hydrogen-bond donors (Lipinski definition) is 1. The van der Waals surface area contributed by atoms with Crippen molar-refractivity contribution in [3.63, 3.8) is 0 Å². The molecule has 1 fully saturated rings. The number of hydrogen-bond acceptors (Lipinski definition) is 2. The lowest BCUT2D eigenvalue weighted by atomic mass is 9.79. The van der Waals surface area contributed by atoms with Crippen LogP contribution in [0, 0.1) is 20.8 Å². The molecule has 0 saturated heterocycles. The van der Waals surface area contributed by atoms with Crippen LogP contribution in [0.3, 0.4) is 0 Å². The molecule has 4 heteroatoms. The quantitative estimate of drug-likeness (QED) is 0.657. The van der Waals surface area contributed by atoms with E-state index in [1.807, 2.05) is 0 Å². The summed E-state index contributed by atoms with van der Waals surface area (Å²) in [6.07, 6.45) is 5.86. The zero-order chi connectivity index (χ0) is 19.0. The monoisotopic (exact) mass is 377 g/mol. The van der Waals surface area contributed by atoms with Crippen LogP contribution < -0.4 is 10.2 Å². The summed E-state index contributed by atoms with van der Waals surface area (Å²) >= 11 is 5.79. The van der Waals surface area contributed by atoms with E-state index in [0.29, 0.717) is 5.11 Å². The van der Waals surface area contributed by atoms with Gasteiger partial charge in [-0.1, -0.05) is 55.7 Å². The molecule has 1 aliphatic heterocycles. The van der Waals surface area contributed by atoms with E-state index in [2.05, 4.69) is 73.5 Å². The lowest BCUT2D eigenvalue weighted by Gasteiger charge is -2.43. The molecule has 4 rings (SSSR count). The Morgan fingerprint density at radius 3 is 2.19 bits per heavy atom. The minimum absolute atomic E-state index is 0.157. The van der Waals surface area contributed by atoms with E-state index in [-0.39, 0.29) is 5.54 Å². The van der Waals surface area contributed by atoms with E-state index in [1.165, 1.54) is 41.6 Å². The molecular weight excluding hydrogens is 350 g/mol. The maximum Gasteiger partial charge on any atom is 0.202 e. The highest BCUT2D eigenvalue weighted by atomic mass is 32.1. The number of aliphatic imine (C=N–C) groups is 1. The highest BCUT2D eigenvalue weighted by Gasteiger charge is 2.49. The summed E-state index contributed by atoms with van der Waals surface area (Å²) in [4.78, 5) is 7.23. The number of para-hydroxylation sites is 2. The Bertz CT molecular complexity index is 889. The van der Waals surface area contributed by atoms with Gasteiger partial charge in [-0.25, -0.2) is 4.99 Å². The second-order valence-electron chi connectivity index (χ2n) is 7.85. The molecule has 140 valence electrons. The van der Waals surface area contributed by atoms with Crippen LogP contribution in [-0.2, 0) is 0 Å². The molecule has 27 heavy (non-hydrogen) atoms. The molecule has 1 N–H and O–H groups in total. The van der Waals surface area contributed by atoms with Crippen molar-refractivity contribution >= 4 is 34.5 Å². The predicted octanol–water partition coefficient (Wildman–Crippen LogP) is 5.93. The van der Waals surface area contributed by atoms with Crippen molar-refractivity contribution in [1.29, 1.82) is 0 Å². The van der Waals surface area contributed by atoms with Gasteiger partial charge in [0.25, 0.3) is 0 Å². The molecule has 2 aliphatic rings. The second kappa shape index (κ2) is 7.08. The lowest BCUT2D eigenvalue weighted by Crippen LogP contribution is -2.55. The molecule has 1 heterocycles. The van der Waals surface area contributed by atoms with Crippen LogP contribution >= 0.6 is 12.2 Å². The van der Waals surface area contributed by atoms with Crippen LogP contribution in [0.1, 0.15) is 48.8 Å².